The molecule has 0 amide bonds. The summed E-state index contributed by atoms with van der Waals surface area (Å²) in [6.45, 7) is 0.655. The zero-order chi connectivity index (χ0) is 13.2. The van der Waals surface area contributed by atoms with E-state index in [4.69, 9.17) is 15.2 Å². The molecule has 0 radical (unpaired) electrons. The minimum Gasteiger partial charge on any atom is -0.476 e. The summed E-state index contributed by atoms with van der Waals surface area (Å²) in [5.41, 5.74) is 6.32. The van der Waals surface area contributed by atoms with Gasteiger partial charge in [-0.25, -0.2) is 0 Å². The number of aromatic nitrogens is 4. The van der Waals surface area contributed by atoms with Crippen LogP contribution in [-0.2, 0) is 7.05 Å². The van der Waals surface area contributed by atoms with Crippen LogP contribution in [0.15, 0.2) is 18.5 Å². The number of hydrogen-bond acceptors (Lipinski definition) is 6. The van der Waals surface area contributed by atoms with Gasteiger partial charge in [0.1, 0.15) is 6.33 Å². The number of pyridine rings is 1. The van der Waals surface area contributed by atoms with Crippen LogP contribution in [-0.4, -0.2) is 26.4 Å². The largest absolute Gasteiger partial charge is 0.476 e. The highest BCUT2D eigenvalue weighted by atomic mass is 16.5. The van der Waals surface area contributed by atoms with Gasteiger partial charge < -0.3 is 15.2 Å². The standard InChI is InChI=1S/C12H15N5O2/c1-17-7-14-12(16-17)19-10-5-4-9(13)11(15-10)18-6-8-2-3-8/h4-5,7-8H,2-3,6,13H2,1H3. The van der Waals surface area contributed by atoms with E-state index in [0.717, 1.165) is 0 Å². The molecule has 0 unspecified atom stereocenters. The molecule has 100 valence electrons. The van der Waals surface area contributed by atoms with Crippen molar-refractivity contribution in [2.24, 2.45) is 13.0 Å². The van der Waals surface area contributed by atoms with E-state index in [1.54, 1.807) is 30.2 Å². The first-order valence-electron chi connectivity index (χ1n) is 6.13. The van der Waals surface area contributed by atoms with Crippen LogP contribution in [0, 0.1) is 5.92 Å². The Labute approximate surface area is 110 Å². The SMILES string of the molecule is Cn1cnc(Oc2ccc(N)c(OCC3CC3)n2)n1. The van der Waals surface area contributed by atoms with E-state index in [1.165, 1.54) is 12.8 Å². The third kappa shape index (κ3) is 2.93. The molecular weight excluding hydrogens is 246 g/mol. The van der Waals surface area contributed by atoms with Crippen molar-refractivity contribution in [3.63, 3.8) is 0 Å². The molecule has 3 rings (SSSR count). The summed E-state index contributed by atoms with van der Waals surface area (Å²) in [5, 5.41) is 4.01. The minimum atomic E-state index is 0.243. The van der Waals surface area contributed by atoms with E-state index in [2.05, 4.69) is 15.1 Å². The van der Waals surface area contributed by atoms with Gasteiger partial charge in [-0.3, -0.25) is 4.68 Å². The molecule has 0 aromatic carbocycles. The first kappa shape index (κ1) is 11.8. The van der Waals surface area contributed by atoms with Gasteiger partial charge in [-0.2, -0.15) is 9.97 Å². The van der Waals surface area contributed by atoms with Crippen LogP contribution in [0.4, 0.5) is 5.69 Å². The Morgan fingerprint density at radius 2 is 2.26 bits per heavy atom. The quantitative estimate of drug-likeness (QED) is 0.874. The van der Waals surface area contributed by atoms with E-state index < -0.39 is 0 Å². The lowest BCUT2D eigenvalue weighted by Gasteiger charge is -2.08. The van der Waals surface area contributed by atoms with Crippen LogP contribution in [0.25, 0.3) is 0 Å². The summed E-state index contributed by atoms with van der Waals surface area (Å²) in [7, 11) is 1.76. The molecule has 1 saturated carbocycles. The Bertz CT molecular complexity index is 579. The Kier molecular flexibility index (Phi) is 2.94. The van der Waals surface area contributed by atoms with Crippen LogP contribution in [0.2, 0.25) is 0 Å². The van der Waals surface area contributed by atoms with Gasteiger partial charge in [-0.05, 0) is 24.8 Å². The molecule has 2 aromatic rings. The van der Waals surface area contributed by atoms with E-state index in [1.807, 2.05) is 0 Å². The maximum Gasteiger partial charge on any atom is 0.342 e. The molecule has 0 spiro atoms. The number of nitrogen functional groups attached to an aromatic ring is 1. The van der Waals surface area contributed by atoms with Crippen LogP contribution >= 0.6 is 0 Å². The van der Waals surface area contributed by atoms with E-state index in [-0.39, 0.29) is 6.01 Å². The van der Waals surface area contributed by atoms with Crippen LogP contribution < -0.4 is 15.2 Å². The van der Waals surface area contributed by atoms with Crippen molar-refractivity contribution < 1.29 is 9.47 Å². The van der Waals surface area contributed by atoms with Gasteiger partial charge in [0, 0.05) is 13.1 Å². The highest BCUT2D eigenvalue weighted by Gasteiger charge is 2.22. The maximum absolute atomic E-state index is 5.82. The number of hydrogen-bond donors (Lipinski definition) is 1. The molecular formula is C12H15N5O2. The topological polar surface area (TPSA) is 88.1 Å². The second-order valence-corrected chi connectivity index (χ2v) is 4.60. The normalized spacial score (nSPS) is 14.4. The van der Waals surface area contributed by atoms with Crippen molar-refractivity contribution >= 4 is 5.69 Å². The van der Waals surface area contributed by atoms with Gasteiger partial charge in [-0.15, -0.1) is 5.10 Å². The average Bonchev–Trinajstić information content (AvgIpc) is 3.13. The van der Waals surface area contributed by atoms with Crippen LogP contribution in [0.5, 0.6) is 17.8 Å². The first-order valence-corrected chi connectivity index (χ1v) is 6.13. The monoisotopic (exact) mass is 261 g/mol. The summed E-state index contributed by atoms with van der Waals surface area (Å²) < 4.78 is 12.6. The molecule has 2 N–H and O–H groups in total. The molecule has 7 heteroatoms. The fourth-order valence-electron chi connectivity index (χ4n) is 1.55. The van der Waals surface area contributed by atoms with Gasteiger partial charge in [0.05, 0.1) is 12.3 Å². The fourth-order valence-corrected chi connectivity index (χ4v) is 1.55. The molecule has 0 atom stereocenters. The second-order valence-electron chi connectivity index (χ2n) is 4.60. The third-order valence-corrected chi connectivity index (χ3v) is 2.79. The zero-order valence-corrected chi connectivity index (χ0v) is 10.6. The fraction of sp³-hybridized carbons (Fsp3) is 0.417. The lowest BCUT2D eigenvalue weighted by molar-refractivity contribution is 0.285. The highest BCUT2D eigenvalue weighted by molar-refractivity contribution is 5.49. The summed E-state index contributed by atoms with van der Waals surface area (Å²) in [5.74, 6) is 1.41. The lowest BCUT2D eigenvalue weighted by Crippen LogP contribution is -2.04. The van der Waals surface area contributed by atoms with Crippen molar-refractivity contribution in [3.8, 4) is 17.8 Å². The molecule has 1 aliphatic rings. The maximum atomic E-state index is 5.82. The summed E-state index contributed by atoms with van der Waals surface area (Å²) >= 11 is 0. The predicted octanol–water partition coefficient (Wildman–Crippen LogP) is 1.37. The van der Waals surface area contributed by atoms with Crippen LogP contribution in [0.3, 0.4) is 0 Å². The molecule has 0 bridgehead atoms. The van der Waals surface area contributed by atoms with Crippen molar-refractivity contribution in [2.75, 3.05) is 12.3 Å². The van der Waals surface area contributed by atoms with E-state index in [9.17, 15) is 0 Å². The lowest BCUT2D eigenvalue weighted by atomic mass is 10.4. The second kappa shape index (κ2) is 4.75. The van der Waals surface area contributed by atoms with Crippen molar-refractivity contribution in [1.29, 1.82) is 0 Å². The molecule has 0 aliphatic heterocycles. The van der Waals surface area contributed by atoms with Gasteiger partial charge in [0.25, 0.3) is 0 Å². The molecule has 2 heterocycles. The van der Waals surface area contributed by atoms with Crippen molar-refractivity contribution in [2.45, 2.75) is 12.8 Å². The number of rotatable bonds is 5. The Balaban J connectivity index is 1.72. The molecule has 0 saturated heterocycles. The number of aryl methyl sites for hydroxylation is 1. The van der Waals surface area contributed by atoms with Crippen molar-refractivity contribution in [3.05, 3.63) is 18.5 Å². The summed E-state index contributed by atoms with van der Waals surface area (Å²) in [6, 6.07) is 3.61. The molecule has 1 aliphatic carbocycles. The Hall–Kier alpha value is -2.31. The molecule has 19 heavy (non-hydrogen) atoms. The number of anilines is 1. The number of nitrogens with zero attached hydrogens (tertiary/aromatic N) is 4. The Morgan fingerprint density at radius 3 is 2.95 bits per heavy atom. The van der Waals surface area contributed by atoms with E-state index in [0.29, 0.717) is 30.0 Å². The highest BCUT2D eigenvalue weighted by Crippen LogP contribution is 2.31. The van der Waals surface area contributed by atoms with Gasteiger partial charge >= 0.3 is 6.01 Å². The molecule has 7 nitrogen and oxygen atoms in total. The molecule has 2 aromatic heterocycles. The Morgan fingerprint density at radius 1 is 1.42 bits per heavy atom. The summed E-state index contributed by atoms with van der Waals surface area (Å²) in [4.78, 5) is 8.18. The minimum absolute atomic E-state index is 0.243. The molecule has 1 fully saturated rings. The average molecular weight is 261 g/mol. The number of ether oxygens (including phenoxy) is 2. The third-order valence-electron chi connectivity index (χ3n) is 2.79. The van der Waals surface area contributed by atoms with Gasteiger partial charge in [0.15, 0.2) is 0 Å². The zero-order valence-electron chi connectivity index (χ0n) is 10.6. The van der Waals surface area contributed by atoms with Gasteiger partial charge in [-0.1, -0.05) is 0 Å². The van der Waals surface area contributed by atoms with Gasteiger partial charge in [0.2, 0.25) is 11.8 Å². The van der Waals surface area contributed by atoms with Crippen molar-refractivity contribution in [1.82, 2.24) is 19.7 Å². The number of nitrogens with two attached hydrogens (primary N) is 1. The first-order chi connectivity index (χ1) is 9.20. The smallest absolute Gasteiger partial charge is 0.342 e. The van der Waals surface area contributed by atoms with Crippen LogP contribution in [0.1, 0.15) is 12.8 Å². The van der Waals surface area contributed by atoms with E-state index >= 15 is 0 Å². The predicted molar refractivity (Wildman–Crippen MR) is 67.9 cm³/mol. The summed E-state index contributed by atoms with van der Waals surface area (Å²) in [6.07, 6.45) is 3.99.